The minimum absolute atomic E-state index is 0.0191. The summed E-state index contributed by atoms with van der Waals surface area (Å²) in [6.07, 6.45) is 7.00. The van der Waals surface area contributed by atoms with Gasteiger partial charge in [0.2, 0.25) is 0 Å². The predicted molar refractivity (Wildman–Crippen MR) is 325 cm³/mol. The Bertz CT molecular complexity index is 3740. The molecule has 0 saturated heterocycles. The lowest BCUT2D eigenvalue weighted by atomic mass is 9.34. The van der Waals surface area contributed by atoms with Gasteiger partial charge in [0.05, 0.1) is 11.2 Å². The number of hydrogen-bond acceptors (Lipinski definition) is 3. The second kappa shape index (κ2) is 16.2. The van der Waals surface area contributed by atoms with Crippen molar-refractivity contribution in [3.63, 3.8) is 0 Å². The van der Waals surface area contributed by atoms with Crippen LogP contribution in [0.4, 0.5) is 34.1 Å². The molecular formula is C70H74BN3S. The van der Waals surface area contributed by atoms with E-state index < -0.39 is 0 Å². The van der Waals surface area contributed by atoms with Gasteiger partial charge >= 0.3 is 0 Å². The molecule has 9 aromatic rings. The van der Waals surface area contributed by atoms with Crippen LogP contribution < -0.4 is 26.3 Å². The molecule has 5 heteroatoms. The lowest BCUT2D eigenvalue weighted by Crippen LogP contribution is -2.63. The standard InChI is InChI=1S/C70H74BN3S/c1-67(2,3)46-17-24-50(25-18-46)72-56-31-23-49(70(10,11)12)40-55(56)71-63-58(72)38-45(61-43-34-41-33-42(36-43)37-44(61)35-41)39-59(63)73(51-26-19-47(20-27-51)68(4,5)6)64-62-57(32-30-54-53-15-13-14-16-60(53)75-65(54)62)74(66(64)71)52-28-21-48(22-29-52)69(7,8)9/h13-32,38-44,61H,33-37H2,1-12H3. The molecule has 0 spiro atoms. The molecule has 0 amide bonds. The fourth-order valence-corrected chi connectivity index (χ4v) is 16.6. The van der Waals surface area contributed by atoms with E-state index in [2.05, 4.69) is 237 Å². The number of rotatable bonds is 4. The maximum absolute atomic E-state index is 2.78. The third-order valence-corrected chi connectivity index (χ3v) is 20.1. The summed E-state index contributed by atoms with van der Waals surface area (Å²) in [6, 6.07) is 56.1. The Morgan fingerprint density at radius 1 is 0.467 bits per heavy atom. The molecule has 6 aliphatic rings. The largest absolute Gasteiger partial charge is 0.319 e. The first-order valence-electron chi connectivity index (χ1n) is 28.4. The Morgan fingerprint density at radius 3 is 1.53 bits per heavy atom. The van der Waals surface area contributed by atoms with Crippen molar-refractivity contribution in [3.8, 4) is 5.69 Å². The summed E-state index contributed by atoms with van der Waals surface area (Å²) in [5.41, 5.74) is 21.4. The number of hydrogen-bond donors (Lipinski definition) is 0. The van der Waals surface area contributed by atoms with E-state index >= 15 is 0 Å². The maximum atomic E-state index is 2.78. The van der Waals surface area contributed by atoms with Crippen molar-refractivity contribution in [2.45, 2.75) is 143 Å². The molecule has 4 saturated carbocycles. The smallest absolute Gasteiger partial charge is 0.273 e. The molecule has 4 fully saturated rings. The third kappa shape index (κ3) is 7.32. The monoisotopic (exact) mass is 1000 g/mol. The van der Waals surface area contributed by atoms with Crippen LogP contribution in [0, 0.1) is 23.7 Å². The normalized spacial score (nSPS) is 21.1. The van der Waals surface area contributed by atoms with Crippen LogP contribution in [0.5, 0.6) is 0 Å². The van der Waals surface area contributed by atoms with Crippen LogP contribution in [0.15, 0.2) is 140 Å². The number of nitrogens with zero attached hydrogens (tertiary/aromatic N) is 3. The van der Waals surface area contributed by atoms with Gasteiger partial charge in [0.1, 0.15) is 0 Å². The number of benzene rings is 7. The van der Waals surface area contributed by atoms with Gasteiger partial charge in [0.25, 0.3) is 6.71 Å². The highest BCUT2D eigenvalue weighted by Gasteiger charge is 2.52. The van der Waals surface area contributed by atoms with Gasteiger partial charge in [0, 0.05) is 65.3 Å². The molecule has 0 atom stereocenters. The first kappa shape index (κ1) is 47.4. The molecule has 75 heavy (non-hydrogen) atoms. The Kier molecular flexibility index (Phi) is 10.3. The second-order valence-corrected chi connectivity index (χ2v) is 29.0. The molecule has 2 aliphatic heterocycles. The molecule has 4 aliphatic carbocycles. The van der Waals surface area contributed by atoms with E-state index in [0.717, 1.165) is 23.7 Å². The summed E-state index contributed by atoms with van der Waals surface area (Å²) in [7, 11) is 0. The van der Waals surface area contributed by atoms with E-state index in [9.17, 15) is 0 Å². The van der Waals surface area contributed by atoms with Crippen molar-refractivity contribution in [2.75, 3.05) is 9.80 Å². The van der Waals surface area contributed by atoms with Gasteiger partial charge in [-0.2, -0.15) is 0 Å². The molecule has 378 valence electrons. The van der Waals surface area contributed by atoms with Gasteiger partial charge in [-0.25, -0.2) is 0 Å². The highest BCUT2D eigenvalue weighted by Crippen LogP contribution is 2.61. The summed E-state index contributed by atoms with van der Waals surface area (Å²) < 4.78 is 5.42. The Hall–Kier alpha value is -6.04. The summed E-state index contributed by atoms with van der Waals surface area (Å²) in [5.74, 6) is 3.83. The zero-order valence-electron chi connectivity index (χ0n) is 46.5. The van der Waals surface area contributed by atoms with Crippen molar-refractivity contribution < 1.29 is 0 Å². The van der Waals surface area contributed by atoms with E-state index in [1.54, 1.807) is 5.56 Å². The Labute approximate surface area is 451 Å². The number of thiophene rings is 1. The van der Waals surface area contributed by atoms with Crippen molar-refractivity contribution in [1.29, 1.82) is 0 Å². The molecule has 4 heterocycles. The van der Waals surface area contributed by atoms with Crippen LogP contribution >= 0.6 is 11.3 Å². The van der Waals surface area contributed by atoms with Crippen LogP contribution in [-0.4, -0.2) is 11.3 Å². The average Bonchev–Trinajstić information content (AvgIpc) is 4.10. The summed E-state index contributed by atoms with van der Waals surface area (Å²) >= 11 is 1.97. The zero-order chi connectivity index (χ0) is 51.8. The summed E-state index contributed by atoms with van der Waals surface area (Å²) in [4.78, 5) is 5.48. The van der Waals surface area contributed by atoms with Gasteiger partial charge in [-0.15, -0.1) is 11.3 Å². The van der Waals surface area contributed by atoms with Crippen LogP contribution in [-0.2, 0) is 21.7 Å². The fourth-order valence-electron chi connectivity index (χ4n) is 15.3. The van der Waals surface area contributed by atoms with Gasteiger partial charge < -0.3 is 14.4 Å². The topological polar surface area (TPSA) is 11.4 Å². The van der Waals surface area contributed by atoms with Crippen molar-refractivity contribution in [2.24, 2.45) is 23.7 Å². The Balaban J connectivity index is 1.16. The average molecular weight is 1000 g/mol. The first-order valence-corrected chi connectivity index (χ1v) is 29.2. The van der Waals surface area contributed by atoms with Crippen LogP contribution in [0.3, 0.4) is 0 Å². The SMILES string of the molecule is CC(C)(C)c1ccc(N2c3ccc(C(C)(C)C)cc3B3c4c2cc(C2C5CC6CC(C5)CC2C6)cc4N(c2ccc(C(C)(C)C)cc2)c2c3n(-c3ccc(C(C)(C)C)cc3)c3ccc4c5ccccc5sc4c23)cc1. The molecule has 15 rings (SSSR count). The van der Waals surface area contributed by atoms with E-state index in [-0.39, 0.29) is 28.4 Å². The third-order valence-electron chi connectivity index (χ3n) is 18.9. The molecule has 3 nitrogen and oxygen atoms in total. The highest BCUT2D eigenvalue weighted by molar-refractivity contribution is 7.26. The van der Waals surface area contributed by atoms with Gasteiger partial charge in [0.15, 0.2) is 0 Å². The molecule has 0 unspecified atom stereocenters. The molecular weight excluding hydrogens is 926 g/mol. The van der Waals surface area contributed by atoms with Crippen molar-refractivity contribution in [3.05, 3.63) is 167 Å². The zero-order valence-corrected chi connectivity index (χ0v) is 47.3. The van der Waals surface area contributed by atoms with E-state index in [4.69, 9.17) is 0 Å². The molecule has 0 N–H and O–H groups in total. The minimum Gasteiger partial charge on any atom is -0.319 e. The first-order chi connectivity index (χ1) is 35.7. The van der Waals surface area contributed by atoms with E-state index in [0.29, 0.717) is 5.92 Å². The summed E-state index contributed by atoms with van der Waals surface area (Å²) in [6.45, 7) is 28.1. The number of aromatic nitrogens is 1. The van der Waals surface area contributed by atoms with Crippen molar-refractivity contribution in [1.82, 2.24) is 4.57 Å². The second-order valence-electron chi connectivity index (χ2n) is 28.0. The van der Waals surface area contributed by atoms with E-state index in [1.807, 2.05) is 11.3 Å². The van der Waals surface area contributed by atoms with Crippen molar-refractivity contribution >= 4 is 99.8 Å². The molecule has 0 radical (unpaired) electrons. The number of fused-ring (bicyclic) bond motifs is 10. The van der Waals surface area contributed by atoms with Crippen LogP contribution in [0.2, 0.25) is 0 Å². The van der Waals surface area contributed by atoms with Crippen LogP contribution in [0.25, 0.3) is 36.8 Å². The molecule has 2 aromatic heterocycles. The fraction of sp³-hybridized carbons (Fsp3) is 0.371. The predicted octanol–water partition coefficient (Wildman–Crippen LogP) is 17.8. The quantitative estimate of drug-likeness (QED) is 0.163. The minimum atomic E-state index is -0.0656. The molecule has 4 bridgehead atoms. The highest BCUT2D eigenvalue weighted by atomic mass is 32.1. The Morgan fingerprint density at radius 2 is 0.973 bits per heavy atom. The van der Waals surface area contributed by atoms with Gasteiger partial charge in [-0.05, 0) is 189 Å². The van der Waals surface area contributed by atoms with Crippen LogP contribution in [0.1, 0.15) is 149 Å². The van der Waals surface area contributed by atoms with Gasteiger partial charge in [-0.3, -0.25) is 0 Å². The maximum Gasteiger partial charge on any atom is 0.273 e. The number of anilines is 6. The molecule has 7 aromatic carbocycles. The lowest BCUT2D eigenvalue weighted by molar-refractivity contribution is -0.00274. The van der Waals surface area contributed by atoms with E-state index in [1.165, 1.54) is 142 Å². The summed E-state index contributed by atoms with van der Waals surface area (Å²) in [5, 5.41) is 4.03. The van der Waals surface area contributed by atoms with Gasteiger partial charge in [-0.1, -0.05) is 156 Å². The lowest BCUT2D eigenvalue weighted by Gasteiger charge is -2.55.